The van der Waals surface area contributed by atoms with Crippen LogP contribution in [0.15, 0.2) is 24.3 Å². The fraction of sp³-hybridized carbons (Fsp3) is 0.500. The van der Waals surface area contributed by atoms with Crippen molar-refractivity contribution in [3.63, 3.8) is 0 Å². The summed E-state index contributed by atoms with van der Waals surface area (Å²) in [7, 11) is 0. The van der Waals surface area contributed by atoms with Gasteiger partial charge in [-0.3, -0.25) is 4.79 Å². The average molecular weight is 232 g/mol. The van der Waals surface area contributed by atoms with E-state index in [1.807, 2.05) is 0 Å². The molecular weight excluding hydrogens is 212 g/mol. The maximum atomic E-state index is 11.4. The van der Waals surface area contributed by atoms with Crippen LogP contribution >= 0.6 is 0 Å². The van der Waals surface area contributed by atoms with E-state index in [4.69, 9.17) is 0 Å². The fourth-order valence-corrected chi connectivity index (χ4v) is 2.23. The molecule has 2 rings (SSSR count). The number of nitrogens with one attached hydrogen (secondary N) is 2. The van der Waals surface area contributed by atoms with Crippen LogP contribution in [0.5, 0.6) is 0 Å². The molecule has 1 aliphatic carbocycles. The highest BCUT2D eigenvalue weighted by atomic mass is 16.1. The van der Waals surface area contributed by atoms with Gasteiger partial charge in [-0.05, 0) is 24.0 Å². The van der Waals surface area contributed by atoms with E-state index in [0.29, 0.717) is 12.5 Å². The zero-order valence-electron chi connectivity index (χ0n) is 10.3. The predicted octanol–water partition coefficient (Wildman–Crippen LogP) is 1.44. The summed E-state index contributed by atoms with van der Waals surface area (Å²) in [5, 5.41) is 6.08. The van der Waals surface area contributed by atoms with Crippen LogP contribution in [0.25, 0.3) is 0 Å². The minimum atomic E-state index is 0.0967. The Hall–Kier alpha value is -1.35. The first-order valence-electron chi connectivity index (χ1n) is 6.36. The van der Waals surface area contributed by atoms with Crippen LogP contribution in [0.1, 0.15) is 30.4 Å². The summed E-state index contributed by atoms with van der Waals surface area (Å²) in [5.41, 5.74) is 2.89. The molecule has 1 aliphatic rings. The number of carbonyl (C=O) groups is 1. The lowest BCUT2D eigenvalue weighted by Crippen LogP contribution is -2.37. The fourth-order valence-electron chi connectivity index (χ4n) is 2.23. The number of amides is 1. The van der Waals surface area contributed by atoms with Crippen LogP contribution in [0.4, 0.5) is 0 Å². The summed E-state index contributed by atoms with van der Waals surface area (Å²) in [4.78, 5) is 11.4. The number of carbonyl (C=O) groups excluding carboxylic acids is 1. The molecule has 2 N–H and O–H groups in total. The summed E-state index contributed by atoms with van der Waals surface area (Å²) in [6.07, 6.45) is 2.13. The van der Waals surface area contributed by atoms with Crippen LogP contribution in [0, 0.1) is 0 Å². The van der Waals surface area contributed by atoms with Gasteiger partial charge in [0.1, 0.15) is 0 Å². The van der Waals surface area contributed by atoms with E-state index in [-0.39, 0.29) is 5.91 Å². The third-order valence-electron chi connectivity index (χ3n) is 3.21. The van der Waals surface area contributed by atoms with E-state index in [1.54, 1.807) is 0 Å². The molecular formula is C14H20N2O. The molecule has 1 atom stereocenters. The van der Waals surface area contributed by atoms with Crippen molar-refractivity contribution in [1.29, 1.82) is 0 Å². The number of rotatable bonds is 6. The van der Waals surface area contributed by atoms with Crippen LogP contribution in [-0.2, 0) is 11.2 Å². The van der Waals surface area contributed by atoms with Crippen molar-refractivity contribution in [3.05, 3.63) is 35.4 Å². The summed E-state index contributed by atoms with van der Waals surface area (Å²) in [5.74, 6) is 0.685. The molecule has 0 aliphatic heterocycles. The Balaban J connectivity index is 1.66. The molecule has 0 saturated heterocycles. The largest absolute Gasteiger partial charge is 0.355 e. The maximum Gasteiger partial charge on any atom is 0.233 e. The van der Waals surface area contributed by atoms with Gasteiger partial charge >= 0.3 is 0 Å². The summed E-state index contributed by atoms with van der Waals surface area (Å²) < 4.78 is 0. The molecule has 0 aromatic heterocycles. The van der Waals surface area contributed by atoms with Crippen molar-refractivity contribution in [1.82, 2.24) is 10.6 Å². The normalized spacial score (nSPS) is 17.1. The minimum Gasteiger partial charge on any atom is -0.355 e. The first-order chi connectivity index (χ1) is 8.31. The van der Waals surface area contributed by atoms with E-state index in [1.165, 1.54) is 11.1 Å². The van der Waals surface area contributed by atoms with Gasteiger partial charge in [0.05, 0.1) is 6.54 Å². The second-order valence-corrected chi connectivity index (χ2v) is 4.58. The average Bonchev–Trinajstić information content (AvgIpc) is 2.32. The Morgan fingerprint density at radius 2 is 2.24 bits per heavy atom. The van der Waals surface area contributed by atoms with Gasteiger partial charge in [-0.1, -0.05) is 31.2 Å². The topological polar surface area (TPSA) is 41.1 Å². The second-order valence-electron chi connectivity index (χ2n) is 4.58. The van der Waals surface area contributed by atoms with Gasteiger partial charge in [0, 0.05) is 19.0 Å². The van der Waals surface area contributed by atoms with Gasteiger partial charge in [0.15, 0.2) is 0 Å². The van der Waals surface area contributed by atoms with Crippen molar-refractivity contribution in [2.24, 2.45) is 0 Å². The van der Waals surface area contributed by atoms with Crippen LogP contribution in [0.3, 0.4) is 0 Å². The van der Waals surface area contributed by atoms with Gasteiger partial charge < -0.3 is 10.6 Å². The molecule has 92 valence electrons. The molecule has 1 aromatic carbocycles. The van der Waals surface area contributed by atoms with Gasteiger partial charge in [-0.2, -0.15) is 0 Å². The van der Waals surface area contributed by atoms with Crippen molar-refractivity contribution < 1.29 is 4.79 Å². The molecule has 0 spiro atoms. The Morgan fingerprint density at radius 3 is 3.00 bits per heavy atom. The molecule has 0 radical (unpaired) electrons. The lowest BCUT2D eigenvalue weighted by atomic mass is 9.78. The summed E-state index contributed by atoms with van der Waals surface area (Å²) >= 11 is 0. The van der Waals surface area contributed by atoms with Crippen LogP contribution in [-0.4, -0.2) is 25.5 Å². The van der Waals surface area contributed by atoms with E-state index < -0.39 is 0 Å². The van der Waals surface area contributed by atoms with Crippen molar-refractivity contribution in [2.45, 2.75) is 25.7 Å². The quantitative estimate of drug-likeness (QED) is 0.779. The molecule has 1 amide bonds. The number of benzene rings is 1. The lowest BCUT2D eigenvalue weighted by molar-refractivity contribution is -0.120. The number of hydrogen-bond acceptors (Lipinski definition) is 2. The SMILES string of the molecule is CCCNC(=O)CNCC1Cc2ccccc21. The number of fused-ring (bicyclic) bond motifs is 1. The van der Waals surface area contributed by atoms with Gasteiger partial charge in [0.25, 0.3) is 0 Å². The van der Waals surface area contributed by atoms with Crippen molar-refractivity contribution >= 4 is 5.91 Å². The smallest absolute Gasteiger partial charge is 0.233 e. The summed E-state index contributed by atoms with van der Waals surface area (Å²) in [6, 6.07) is 8.53. The minimum absolute atomic E-state index is 0.0967. The van der Waals surface area contributed by atoms with Crippen LogP contribution in [0.2, 0.25) is 0 Å². The molecule has 1 aromatic rings. The third-order valence-corrected chi connectivity index (χ3v) is 3.21. The van der Waals surface area contributed by atoms with Crippen molar-refractivity contribution in [2.75, 3.05) is 19.6 Å². The molecule has 3 heteroatoms. The monoisotopic (exact) mass is 232 g/mol. The van der Waals surface area contributed by atoms with Gasteiger partial charge in [0.2, 0.25) is 5.91 Å². The lowest BCUT2D eigenvalue weighted by Gasteiger charge is -2.30. The molecule has 3 nitrogen and oxygen atoms in total. The van der Waals surface area contributed by atoms with Crippen molar-refractivity contribution in [3.8, 4) is 0 Å². The molecule has 17 heavy (non-hydrogen) atoms. The van der Waals surface area contributed by atoms with E-state index in [2.05, 4.69) is 41.8 Å². The summed E-state index contributed by atoms with van der Waals surface area (Å²) in [6.45, 7) is 4.15. The molecule has 0 fully saturated rings. The Bertz CT molecular complexity index is 390. The zero-order chi connectivity index (χ0) is 12.1. The first-order valence-corrected chi connectivity index (χ1v) is 6.36. The molecule has 0 saturated carbocycles. The number of hydrogen-bond donors (Lipinski definition) is 2. The molecule has 1 unspecified atom stereocenters. The van der Waals surface area contributed by atoms with E-state index in [0.717, 1.165) is 25.9 Å². The Kier molecular flexibility index (Phi) is 4.15. The van der Waals surface area contributed by atoms with E-state index in [9.17, 15) is 4.79 Å². The van der Waals surface area contributed by atoms with E-state index >= 15 is 0 Å². The molecule has 0 bridgehead atoms. The standard InChI is InChI=1S/C14H20N2O/c1-2-7-16-14(17)10-15-9-12-8-11-5-3-4-6-13(11)12/h3-6,12,15H,2,7-10H2,1H3,(H,16,17). The predicted molar refractivity (Wildman–Crippen MR) is 69.1 cm³/mol. The highest BCUT2D eigenvalue weighted by molar-refractivity contribution is 5.77. The zero-order valence-corrected chi connectivity index (χ0v) is 10.3. The van der Waals surface area contributed by atoms with Crippen LogP contribution < -0.4 is 10.6 Å². The Labute approximate surface area is 103 Å². The maximum absolute atomic E-state index is 11.4. The highest BCUT2D eigenvalue weighted by Gasteiger charge is 2.24. The van der Waals surface area contributed by atoms with Gasteiger partial charge in [-0.25, -0.2) is 0 Å². The second kappa shape index (κ2) is 5.82. The first kappa shape index (κ1) is 12.1. The Morgan fingerprint density at radius 1 is 1.41 bits per heavy atom. The highest BCUT2D eigenvalue weighted by Crippen LogP contribution is 2.33. The van der Waals surface area contributed by atoms with Gasteiger partial charge in [-0.15, -0.1) is 0 Å². The molecule has 0 heterocycles. The third kappa shape index (κ3) is 3.07.